The Bertz CT molecular complexity index is 548. The fourth-order valence-electron chi connectivity index (χ4n) is 1.41. The molecule has 0 atom stereocenters. The highest BCUT2D eigenvalue weighted by Crippen LogP contribution is 2.20. The van der Waals surface area contributed by atoms with Gasteiger partial charge in [0.15, 0.2) is 0 Å². The van der Waals surface area contributed by atoms with E-state index in [0.29, 0.717) is 17.1 Å². The molecule has 0 fully saturated rings. The highest BCUT2D eigenvalue weighted by molar-refractivity contribution is 5.48. The molecule has 0 saturated heterocycles. The van der Waals surface area contributed by atoms with Crippen molar-refractivity contribution in [1.82, 2.24) is 14.8 Å². The smallest absolute Gasteiger partial charge is 0.258 e. The first-order chi connectivity index (χ1) is 7.58. The normalized spacial score (nSPS) is 10.4. The zero-order valence-electron chi connectivity index (χ0n) is 8.91. The van der Waals surface area contributed by atoms with E-state index in [2.05, 4.69) is 10.1 Å². The summed E-state index contributed by atoms with van der Waals surface area (Å²) in [5.74, 6) is 0.628. The summed E-state index contributed by atoms with van der Waals surface area (Å²) in [6.45, 7) is 3.47. The van der Waals surface area contributed by atoms with Gasteiger partial charge < -0.3 is 0 Å². The van der Waals surface area contributed by atoms with E-state index in [1.807, 2.05) is 0 Å². The van der Waals surface area contributed by atoms with Gasteiger partial charge in [0.25, 0.3) is 5.69 Å². The van der Waals surface area contributed by atoms with E-state index >= 15 is 0 Å². The molecule has 1 aromatic carbocycles. The highest BCUT2D eigenvalue weighted by Gasteiger charge is 2.12. The van der Waals surface area contributed by atoms with Gasteiger partial charge in [-0.2, -0.15) is 5.10 Å². The summed E-state index contributed by atoms with van der Waals surface area (Å²) in [5.41, 5.74) is 1.36. The molecule has 0 radical (unpaired) electrons. The van der Waals surface area contributed by atoms with E-state index in [-0.39, 0.29) is 5.69 Å². The first kappa shape index (κ1) is 10.3. The van der Waals surface area contributed by atoms with Crippen LogP contribution in [0.5, 0.6) is 0 Å². The molecule has 1 aromatic heterocycles. The standard InChI is InChI=1S/C10H10N4O2/c1-7-3-4-9(5-10(7)14(15)16)13-6-11-8(2)12-13/h3-6H,1-2H3. The fraction of sp³-hybridized carbons (Fsp3) is 0.200. The predicted molar refractivity (Wildman–Crippen MR) is 57.5 cm³/mol. The second-order valence-electron chi connectivity index (χ2n) is 3.46. The predicted octanol–water partition coefficient (Wildman–Crippen LogP) is 1.79. The van der Waals surface area contributed by atoms with Crippen LogP contribution in [0.15, 0.2) is 24.5 Å². The Morgan fingerprint density at radius 1 is 1.38 bits per heavy atom. The summed E-state index contributed by atoms with van der Waals surface area (Å²) in [6.07, 6.45) is 1.53. The van der Waals surface area contributed by atoms with Crippen LogP contribution in [0.3, 0.4) is 0 Å². The molecule has 2 aromatic rings. The van der Waals surface area contributed by atoms with E-state index in [9.17, 15) is 10.1 Å². The molecule has 6 heteroatoms. The fourth-order valence-corrected chi connectivity index (χ4v) is 1.41. The molecule has 0 unspecified atom stereocenters. The molecule has 0 aliphatic rings. The molecule has 82 valence electrons. The maximum absolute atomic E-state index is 10.8. The molecular weight excluding hydrogens is 208 g/mol. The van der Waals surface area contributed by atoms with Crippen molar-refractivity contribution in [3.05, 3.63) is 46.0 Å². The van der Waals surface area contributed by atoms with Crippen molar-refractivity contribution in [3.63, 3.8) is 0 Å². The summed E-state index contributed by atoms with van der Waals surface area (Å²) in [6, 6.07) is 4.96. The minimum absolute atomic E-state index is 0.0886. The monoisotopic (exact) mass is 218 g/mol. The van der Waals surface area contributed by atoms with Crippen molar-refractivity contribution in [1.29, 1.82) is 0 Å². The molecule has 0 spiro atoms. The third-order valence-corrected chi connectivity index (χ3v) is 2.26. The van der Waals surface area contributed by atoms with Gasteiger partial charge in [-0.3, -0.25) is 10.1 Å². The molecule has 0 aliphatic carbocycles. The molecule has 6 nitrogen and oxygen atoms in total. The average molecular weight is 218 g/mol. The van der Waals surface area contributed by atoms with E-state index in [0.717, 1.165) is 0 Å². The Balaban J connectivity index is 2.51. The summed E-state index contributed by atoms with van der Waals surface area (Å²) in [4.78, 5) is 14.3. The number of nitrogens with zero attached hydrogens (tertiary/aromatic N) is 4. The zero-order valence-corrected chi connectivity index (χ0v) is 8.91. The second-order valence-corrected chi connectivity index (χ2v) is 3.46. The van der Waals surface area contributed by atoms with Crippen LogP contribution >= 0.6 is 0 Å². The Morgan fingerprint density at radius 2 is 2.12 bits per heavy atom. The molecule has 16 heavy (non-hydrogen) atoms. The van der Waals surface area contributed by atoms with Crippen LogP contribution in [-0.2, 0) is 0 Å². The second kappa shape index (κ2) is 3.73. The van der Waals surface area contributed by atoms with Crippen LogP contribution in [0.1, 0.15) is 11.4 Å². The van der Waals surface area contributed by atoms with Gasteiger partial charge in [0.1, 0.15) is 12.2 Å². The van der Waals surface area contributed by atoms with Crippen LogP contribution in [0.2, 0.25) is 0 Å². The van der Waals surface area contributed by atoms with E-state index < -0.39 is 4.92 Å². The maximum atomic E-state index is 10.8. The minimum atomic E-state index is -0.400. The molecule has 0 N–H and O–H groups in total. The number of aryl methyl sites for hydroxylation is 2. The van der Waals surface area contributed by atoms with Gasteiger partial charge in [0.05, 0.1) is 10.6 Å². The van der Waals surface area contributed by atoms with Gasteiger partial charge >= 0.3 is 0 Å². The Hall–Kier alpha value is -2.24. The van der Waals surface area contributed by atoms with Gasteiger partial charge in [-0.05, 0) is 19.9 Å². The van der Waals surface area contributed by atoms with Gasteiger partial charge in [0, 0.05) is 11.6 Å². The summed E-state index contributed by atoms with van der Waals surface area (Å²) in [7, 11) is 0. The lowest BCUT2D eigenvalue weighted by atomic mass is 10.2. The third-order valence-electron chi connectivity index (χ3n) is 2.26. The van der Waals surface area contributed by atoms with Crippen molar-refractivity contribution in [3.8, 4) is 5.69 Å². The van der Waals surface area contributed by atoms with Crippen molar-refractivity contribution < 1.29 is 4.92 Å². The van der Waals surface area contributed by atoms with E-state index in [1.54, 1.807) is 26.0 Å². The van der Waals surface area contributed by atoms with Crippen LogP contribution in [0.4, 0.5) is 5.69 Å². The van der Waals surface area contributed by atoms with Crippen molar-refractivity contribution >= 4 is 5.69 Å². The molecule has 0 aliphatic heterocycles. The Labute approximate surface area is 91.7 Å². The maximum Gasteiger partial charge on any atom is 0.274 e. The number of nitro benzene ring substituents is 1. The number of nitro groups is 1. The zero-order chi connectivity index (χ0) is 11.7. The average Bonchev–Trinajstić information content (AvgIpc) is 2.65. The van der Waals surface area contributed by atoms with Crippen molar-refractivity contribution in [2.45, 2.75) is 13.8 Å². The first-order valence-electron chi connectivity index (χ1n) is 4.71. The number of rotatable bonds is 2. The Kier molecular flexibility index (Phi) is 2.40. The topological polar surface area (TPSA) is 73.8 Å². The van der Waals surface area contributed by atoms with Crippen LogP contribution in [0, 0.1) is 24.0 Å². The molecular formula is C10H10N4O2. The SMILES string of the molecule is Cc1ncn(-c2ccc(C)c([N+](=O)[O-])c2)n1. The number of hydrogen-bond acceptors (Lipinski definition) is 4. The lowest BCUT2D eigenvalue weighted by molar-refractivity contribution is -0.385. The lowest BCUT2D eigenvalue weighted by Crippen LogP contribution is -1.98. The van der Waals surface area contributed by atoms with E-state index in [1.165, 1.54) is 17.1 Å². The van der Waals surface area contributed by atoms with Crippen LogP contribution < -0.4 is 0 Å². The molecule has 0 amide bonds. The number of hydrogen-bond donors (Lipinski definition) is 0. The van der Waals surface area contributed by atoms with Gasteiger partial charge in [0.2, 0.25) is 0 Å². The first-order valence-corrected chi connectivity index (χ1v) is 4.71. The van der Waals surface area contributed by atoms with Crippen molar-refractivity contribution in [2.75, 3.05) is 0 Å². The number of aromatic nitrogens is 3. The summed E-state index contributed by atoms with van der Waals surface area (Å²) < 4.78 is 1.52. The molecule has 1 heterocycles. The van der Waals surface area contributed by atoms with Crippen LogP contribution in [-0.4, -0.2) is 19.7 Å². The third kappa shape index (κ3) is 1.77. The van der Waals surface area contributed by atoms with E-state index in [4.69, 9.17) is 0 Å². The lowest BCUT2D eigenvalue weighted by Gasteiger charge is -2.02. The quantitative estimate of drug-likeness (QED) is 0.569. The summed E-state index contributed by atoms with van der Waals surface area (Å²) in [5, 5.41) is 14.9. The molecule has 0 bridgehead atoms. The van der Waals surface area contributed by atoms with Gasteiger partial charge in [-0.1, -0.05) is 6.07 Å². The van der Waals surface area contributed by atoms with Crippen molar-refractivity contribution in [2.24, 2.45) is 0 Å². The number of benzene rings is 1. The van der Waals surface area contributed by atoms with Crippen LogP contribution in [0.25, 0.3) is 5.69 Å². The van der Waals surface area contributed by atoms with Gasteiger partial charge in [-0.25, -0.2) is 9.67 Å². The highest BCUT2D eigenvalue weighted by atomic mass is 16.6. The summed E-state index contributed by atoms with van der Waals surface area (Å²) >= 11 is 0. The van der Waals surface area contributed by atoms with Gasteiger partial charge in [-0.15, -0.1) is 0 Å². The molecule has 0 saturated carbocycles. The Morgan fingerprint density at radius 3 is 2.69 bits per heavy atom. The minimum Gasteiger partial charge on any atom is -0.258 e. The largest absolute Gasteiger partial charge is 0.274 e. The molecule has 2 rings (SSSR count).